The molecule has 4 heterocycles. The summed E-state index contributed by atoms with van der Waals surface area (Å²) in [4.78, 5) is 8.11. The number of fused-ring (bicyclic) bond motifs is 8. The Labute approximate surface area is 452 Å². The molecule has 5 heteroatoms. The van der Waals surface area contributed by atoms with E-state index in [1.54, 1.807) is 0 Å². The summed E-state index contributed by atoms with van der Waals surface area (Å²) in [6.07, 6.45) is 0. The van der Waals surface area contributed by atoms with Gasteiger partial charge in [-0.25, -0.2) is 4.98 Å². The standard InChI is InChI=1S/C71H75BN4/c1-42(2)52-23-20-24-53(43(3)4)65(52)76-61-26-18-17-25-58(61)73-67(76)45-22-19-21-44(35-45)46-36-62-64-63(37-46)75-59-33-29-48(69(8,9)10)38-54(59)55-39-50(71(14,15)16)41-57(66(55)75)72(64)56-40-49(70(11,12)13)30-34-60(56)74(62)51-31-27-47(28-32-51)68(5,6)7/h17-43H,1-16H3. The summed E-state index contributed by atoms with van der Waals surface area (Å²) < 4.78 is 5.11. The second-order valence-electron chi connectivity index (χ2n) is 27.0. The van der Waals surface area contributed by atoms with Crippen LogP contribution >= 0.6 is 0 Å². The molecular formula is C71H75BN4. The third kappa shape index (κ3) is 7.89. The molecular weight excluding hydrogens is 920 g/mol. The van der Waals surface area contributed by atoms with Gasteiger partial charge in [0.05, 0.1) is 22.2 Å². The van der Waals surface area contributed by atoms with Crippen molar-refractivity contribution in [1.82, 2.24) is 14.1 Å². The summed E-state index contributed by atoms with van der Waals surface area (Å²) in [6.45, 7) is 37.4. The summed E-state index contributed by atoms with van der Waals surface area (Å²) in [5.74, 6) is 1.60. The smallest absolute Gasteiger partial charge is 0.252 e. The van der Waals surface area contributed by atoms with Crippen LogP contribution in [0.3, 0.4) is 0 Å². The van der Waals surface area contributed by atoms with Crippen molar-refractivity contribution in [2.24, 2.45) is 0 Å². The van der Waals surface area contributed by atoms with Crippen LogP contribution in [0.5, 0.6) is 0 Å². The van der Waals surface area contributed by atoms with Crippen molar-refractivity contribution >= 4 is 73.0 Å². The quantitative estimate of drug-likeness (QED) is 0.155. The van der Waals surface area contributed by atoms with Crippen LogP contribution in [0.1, 0.15) is 156 Å². The number of imidazole rings is 1. The van der Waals surface area contributed by atoms with E-state index in [-0.39, 0.29) is 28.4 Å². The first-order chi connectivity index (χ1) is 35.9. The zero-order valence-corrected chi connectivity index (χ0v) is 48.0. The fraction of sp³-hybridized carbons (Fsp3) is 0.310. The predicted octanol–water partition coefficient (Wildman–Crippen LogP) is 17.5. The Morgan fingerprint density at radius 2 is 0.987 bits per heavy atom. The normalized spacial score (nSPS) is 13.7. The van der Waals surface area contributed by atoms with Gasteiger partial charge >= 0.3 is 0 Å². The van der Waals surface area contributed by atoms with Crippen LogP contribution in [-0.4, -0.2) is 20.8 Å². The third-order valence-corrected chi connectivity index (χ3v) is 16.9. The molecule has 0 atom stereocenters. The van der Waals surface area contributed by atoms with Crippen LogP contribution in [0.25, 0.3) is 66.7 Å². The van der Waals surface area contributed by atoms with Gasteiger partial charge in [-0.3, -0.25) is 4.57 Å². The highest BCUT2D eigenvalue weighted by Gasteiger charge is 2.44. The minimum Gasteiger partial charge on any atom is -0.311 e. The fourth-order valence-corrected chi connectivity index (χ4v) is 12.5. The van der Waals surface area contributed by atoms with Crippen LogP contribution in [0.2, 0.25) is 0 Å². The summed E-state index contributed by atoms with van der Waals surface area (Å²) >= 11 is 0. The van der Waals surface area contributed by atoms with Crippen molar-refractivity contribution in [1.29, 1.82) is 0 Å². The molecule has 382 valence electrons. The minimum atomic E-state index is -0.0713. The van der Waals surface area contributed by atoms with Gasteiger partial charge in [-0.05, 0) is 161 Å². The monoisotopic (exact) mass is 995 g/mol. The molecule has 0 unspecified atom stereocenters. The molecule has 2 aromatic heterocycles. The molecule has 0 amide bonds. The van der Waals surface area contributed by atoms with E-state index in [2.05, 4.69) is 276 Å². The summed E-state index contributed by atoms with van der Waals surface area (Å²) in [7, 11) is 0. The Kier molecular flexibility index (Phi) is 11.3. The first-order valence-electron chi connectivity index (χ1n) is 28.0. The molecule has 0 N–H and O–H groups in total. The number of aromatic nitrogens is 3. The molecule has 0 fully saturated rings. The molecule has 12 rings (SSSR count). The summed E-state index contributed by atoms with van der Waals surface area (Å²) in [6, 6.07) is 58.9. The van der Waals surface area contributed by atoms with Gasteiger partial charge in [-0.2, -0.15) is 0 Å². The molecule has 10 aromatic rings. The predicted molar refractivity (Wildman–Crippen MR) is 329 cm³/mol. The number of hydrogen-bond donors (Lipinski definition) is 0. The summed E-state index contributed by atoms with van der Waals surface area (Å²) in [5, 5.41) is 2.65. The highest BCUT2D eigenvalue weighted by Crippen LogP contribution is 2.47. The van der Waals surface area contributed by atoms with Gasteiger partial charge < -0.3 is 9.47 Å². The van der Waals surface area contributed by atoms with E-state index in [1.807, 2.05) is 0 Å². The Bertz CT molecular complexity index is 3950. The zero-order valence-electron chi connectivity index (χ0n) is 48.0. The van der Waals surface area contributed by atoms with Gasteiger partial charge in [0.25, 0.3) is 6.71 Å². The Hall–Kier alpha value is -7.11. The van der Waals surface area contributed by atoms with Gasteiger partial charge in [-0.1, -0.05) is 196 Å². The SMILES string of the molecule is CC(C)c1cccc(C(C)C)c1-n1c(-c2cccc(-c3cc4c5c(c3)-n3c6ccc(C(C)(C)C)cc6c6cc(C(C)(C)C)cc(c63)B5c3cc(C(C)(C)C)ccc3N4c3ccc(C(C)(C)C)cc3)c2)nc2ccccc21. The van der Waals surface area contributed by atoms with Crippen molar-refractivity contribution < 1.29 is 0 Å². The second-order valence-corrected chi connectivity index (χ2v) is 27.0. The van der Waals surface area contributed by atoms with E-state index in [4.69, 9.17) is 4.98 Å². The highest BCUT2D eigenvalue weighted by atomic mass is 15.2. The lowest BCUT2D eigenvalue weighted by Crippen LogP contribution is -2.60. The molecule has 0 bridgehead atoms. The van der Waals surface area contributed by atoms with E-state index in [0.29, 0.717) is 11.8 Å². The fourth-order valence-electron chi connectivity index (χ4n) is 12.5. The molecule has 4 nitrogen and oxygen atoms in total. The average molecular weight is 995 g/mol. The van der Waals surface area contributed by atoms with Gasteiger partial charge in [0.15, 0.2) is 0 Å². The summed E-state index contributed by atoms with van der Waals surface area (Å²) in [5.41, 5.74) is 26.2. The average Bonchev–Trinajstić information content (AvgIpc) is 4.13. The molecule has 76 heavy (non-hydrogen) atoms. The van der Waals surface area contributed by atoms with Crippen molar-refractivity contribution in [3.05, 3.63) is 185 Å². The maximum atomic E-state index is 5.52. The first kappa shape index (κ1) is 49.8. The largest absolute Gasteiger partial charge is 0.311 e. The highest BCUT2D eigenvalue weighted by molar-refractivity contribution is 7.00. The number of para-hydroxylation sites is 3. The number of anilines is 3. The van der Waals surface area contributed by atoms with Crippen LogP contribution < -0.4 is 21.3 Å². The van der Waals surface area contributed by atoms with Crippen molar-refractivity contribution in [3.8, 4) is 33.9 Å². The molecule has 2 aliphatic heterocycles. The van der Waals surface area contributed by atoms with E-state index >= 15 is 0 Å². The van der Waals surface area contributed by atoms with Crippen molar-refractivity contribution in [2.45, 2.75) is 144 Å². The van der Waals surface area contributed by atoms with E-state index in [1.165, 1.54) is 99.9 Å². The molecule has 0 aliphatic carbocycles. The lowest BCUT2D eigenvalue weighted by molar-refractivity contribution is 0.590. The second kappa shape index (κ2) is 17.2. The van der Waals surface area contributed by atoms with Crippen molar-refractivity contribution in [3.63, 3.8) is 0 Å². The van der Waals surface area contributed by atoms with Gasteiger partial charge in [-0.15, -0.1) is 0 Å². The van der Waals surface area contributed by atoms with Crippen LogP contribution in [0.4, 0.5) is 17.1 Å². The van der Waals surface area contributed by atoms with Gasteiger partial charge in [0.1, 0.15) is 5.82 Å². The number of nitrogens with zero attached hydrogens (tertiary/aromatic N) is 4. The third-order valence-electron chi connectivity index (χ3n) is 16.9. The molecule has 8 aromatic carbocycles. The zero-order chi connectivity index (χ0) is 53.7. The lowest BCUT2D eigenvalue weighted by Gasteiger charge is -2.41. The molecule has 0 saturated heterocycles. The Morgan fingerprint density at radius 3 is 1.64 bits per heavy atom. The first-order valence-corrected chi connectivity index (χ1v) is 28.0. The molecule has 0 radical (unpaired) electrons. The Morgan fingerprint density at radius 1 is 0.421 bits per heavy atom. The van der Waals surface area contributed by atoms with Crippen LogP contribution in [-0.2, 0) is 21.7 Å². The topological polar surface area (TPSA) is 26.0 Å². The molecule has 2 aliphatic rings. The molecule has 0 saturated carbocycles. The van der Waals surface area contributed by atoms with Gasteiger partial charge in [0.2, 0.25) is 0 Å². The van der Waals surface area contributed by atoms with E-state index in [0.717, 1.165) is 33.7 Å². The van der Waals surface area contributed by atoms with E-state index < -0.39 is 0 Å². The Balaban J connectivity index is 1.19. The number of hydrogen-bond acceptors (Lipinski definition) is 2. The lowest BCUT2D eigenvalue weighted by atomic mass is 9.33. The maximum Gasteiger partial charge on any atom is 0.252 e. The van der Waals surface area contributed by atoms with Crippen LogP contribution in [0.15, 0.2) is 152 Å². The van der Waals surface area contributed by atoms with Gasteiger partial charge in [0, 0.05) is 44.6 Å². The molecule has 0 spiro atoms. The minimum absolute atomic E-state index is 0.00688. The van der Waals surface area contributed by atoms with Crippen molar-refractivity contribution in [2.75, 3.05) is 4.90 Å². The number of rotatable bonds is 6. The van der Waals surface area contributed by atoms with E-state index in [9.17, 15) is 0 Å². The van der Waals surface area contributed by atoms with Crippen LogP contribution in [0, 0.1) is 0 Å². The number of benzene rings is 8. The maximum absolute atomic E-state index is 5.52.